The van der Waals surface area contributed by atoms with E-state index in [0.717, 1.165) is 26.2 Å². The van der Waals surface area contributed by atoms with Crippen molar-refractivity contribution >= 4 is 28.6 Å². The molecule has 2 bridgehead atoms. The molecule has 2 N–H and O–H groups in total. The number of rotatable bonds is 4. The minimum absolute atomic E-state index is 0.0270. The number of carbonyl (C=O) groups is 1. The number of nitrogens with zero attached hydrogens (tertiary/aromatic N) is 1. The van der Waals surface area contributed by atoms with E-state index in [4.69, 9.17) is 4.74 Å². The summed E-state index contributed by atoms with van der Waals surface area (Å²) in [5, 5.41) is 8.39. The number of hydrogen-bond acceptors (Lipinski definition) is 6. The van der Waals surface area contributed by atoms with Gasteiger partial charge in [0.1, 0.15) is 5.01 Å². The molecule has 2 saturated heterocycles. The van der Waals surface area contributed by atoms with Gasteiger partial charge >= 0.3 is 0 Å². The van der Waals surface area contributed by atoms with Crippen LogP contribution in [0.5, 0.6) is 5.06 Å². The molecule has 4 heterocycles. The second-order valence-electron chi connectivity index (χ2n) is 5.72. The number of hydrogen-bond donors (Lipinski definition) is 2. The van der Waals surface area contributed by atoms with Crippen LogP contribution in [-0.2, 0) is 0 Å². The first-order valence-electron chi connectivity index (χ1n) is 7.40. The Balaban J connectivity index is 1.45. The quantitative estimate of drug-likeness (QED) is 0.901. The van der Waals surface area contributed by atoms with Crippen molar-refractivity contribution in [1.82, 2.24) is 15.6 Å². The molecule has 2 aromatic heterocycles. The number of ether oxygens (including phenoxy) is 1. The molecule has 0 saturated carbocycles. The number of nitrogens with one attached hydrogen (secondary N) is 2. The molecule has 0 aliphatic carbocycles. The normalized spacial score (nSPS) is 26.3. The fourth-order valence-electron chi connectivity index (χ4n) is 3.27. The molecule has 2 fully saturated rings. The van der Waals surface area contributed by atoms with Crippen molar-refractivity contribution in [1.29, 1.82) is 0 Å². The number of thiazole rings is 1. The van der Waals surface area contributed by atoms with Gasteiger partial charge in [0.2, 0.25) is 0 Å². The van der Waals surface area contributed by atoms with Crippen LogP contribution in [-0.4, -0.2) is 36.1 Å². The lowest BCUT2D eigenvalue weighted by molar-refractivity contribution is 0.0935. The van der Waals surface area contributed by atoms with E-state index in [0.29, 0.717) is 12.1 Å². The Hall–Kier alpha value is -1.44. The first kappa shape index (κ1) is 14.2. The molecule has 22 heavy (non-hydrogen) atoms. The number of carbonyl (C=O) groups excluding carboxylic acids is 1. The Morgan fingerprint density at radius 2 is 2.32 bits per heavy atom. The average molecular weight is 335 g/mol. The van der Waals surface area contributed by atoms with Gasteiger partial charge in [-0.1, -0.05) is 11.3 Å². The molecular formula is C15H17N3O2S2. The molecular weight excluding hydrogens is 318 g/mol. The second kappa shape index (κ2) is 5.64. The van der Waals surface area contributed by atoms with Gasteiger partial charge in [0, 0.05) is 18.1 Å². The summed E-state index contributed by atoms with van der Waals surface area (Å²) in [5.74, 6) is 0.0270. The summed E-state index contributed by atoms with van der Waals surface area (Å²) in [5.41, 5.74) is 0. The van der Waals surface area contributed by atoms with Crippen LogP contribution < -0.4 is 15.4 Å². The maximum Gasteiger partial charge on any atom is 0.261 e. The first-order chi connectivity index (χ1) is 10.7. The molecule has 5 nitrogen and oxygen atoms in total. The summed E-state index contributed by atoms with van der Waals surface area (Å²) in [6, 6.07) is 5.16. The fraction of sp³-hybridized carbons (Fsp3) is 0.467. The van der Waals surface area contributed by atoms with E-state index in [1.54, 1.807) is 13.3 Å². The van der Waals surface area contributed by atoms with Gasteiger partial charge in [-0.15, -0.1) is 11.3 Å². The van der Waals surface area contributed by atoms with Gasteiger partial charge in [0.05, 0.1) is 23.1 Å². The maximum atomic E-state index is 12.4. The number of thiophene rings is 1. The summed E-state index contributed by atoms with van der Waals surface area (Å²) >= 11 is 2.97. The Morgan fingerprint density at radius 3 is 3.00 bits per heavy atom. The molecule has 4 rings (SSSR count). The van der Waals surface area contributed by atoms with Gasteiger partial charge in [-0.05, 0) is 31.4 Å². The number of amides is 1. The van der Waals surface area contributed by atoms with Crippen LogP contribution in [0.1, 0.15) is 28.9 Å². The van der Waals surface area contributed by atoms with Crippen molar-refractivity contribution in [2.75, 3.05) is 7.11 Å². The van der Waals surface area contributed by atoms with Crippen LogP contribution in [0.4, 0.5) is 0 Å². The highest BCUT2D eigenvalue weighted by molar-refractivity contribution is 7.23. The lowest BCUT2D eigenvalue weighted by Gasteiger charge is -2.20. The smallest absolute Gasteiger partial charge is 0.261 e. The van der Waals surface area contributed by atoms with Crippen molar-refractivity contribution in [2.45, 2.75) is 37.4 Å². The van der Waals surface area contributed by atoms with Gasteiger partial charge in [-0.3, -0.25) is 4.79 Å². The molecule has 3 unspecified atom stereocenters. The molecule has 2 aliphatic heterocycles. The van der Waals surface area contributed by atoms with Gasteiger partial charge < -0.3 is 15.4 Å². The van der Waals surface area contributed by atoms with Crippen molar-refractivity contribution < 1.29 is 9.53 Å². The first-order valence-corrected chi connectivity index (χ1v) is 9.03. The van der Waals surface area contributed by atoms with Crippen LogP contribution in [0.3, 0.4) is 0 Å². The van der Waals surface area contributed by atoms with Crippen molar-refractivity contribution in [3.63, 3.8) is 0 Å². The molecule has 116 valence electrons. The van der Waals surface area contributed by atoms with E-state index in [1.807, 2.05) is 12.1 Å². The Labute approximate surface area is 136 Å². The third-order valence-corrected chi connectivity index (χ3v) is 6.55. The lowest BCUT2D eigenvalue weighted by atomic mass is 9.95. The molecule has 3 atom stereocenters. The summed E-state index contributed by atoms with van der Waals surface area (Å²) in [6.07, 6.45) is 5.18. The van der Waals surface area contributed by atoms with Crippen LogP contribution >= 0.6 is 22.7 Å². The highest BCUT2D eigenvalue weighted by Gasteiger charge is 2.39. The molecule has 2 aliphatic rings. The standard InChI is InChI=1S/C15H17N3O2S2/c1-20-13-7-16-15(22-13)12-5-4-11(21-12)14(19)18-10-6-8-2-3-9(10)17-8/h4-5,7-10,17H,2-3,6H2,1H3,(H,18,19). The van der Waals surface area contributed by atoms with Crippen molar-refractivity contribution in [3.05, 3.63) is 23.2 Å². The van der Waals surface area contributed by atoms with E-state index in [9.17, 15) is 4.79 Å². The zero-order valence-corrected chi connectivity index (χ0v) is 13.8. The highest BCUT2D eigenvalue weighted by atomic mass is 32.1. The predicted molar refractivity (Wildman–Crippen MR) is 87.8 cm³/mol. The number of methoxy groups -OCH3 is 1. The molecule has 2 aromatic rings. The summed E-state index contributed by atoms with van der Waals surface area (Å²) in [6.45, 7) is 0. The van der Waals surface area contributed by atoms with Gasteiger partial charge in [-0.25, -0.2) is 4.98 Å². The summed E-state index contributed by atoms with van der Waals surface area (Å²) in [4.78, 5) is 18.5. The SMILES string of the molecule is COc1cnc(-c2ccc(C(=O)NC3CC4CCC3N4)s2)s1. The fourth-order valence-corrected chi connectivity index (χ4v) is 4.97. The lowest BCUT2D eigenvalue weighted by Crippen LogP contribution is -2.42. The monoisotopic (exact) mass is 335 g/mol. The van der Waals surface area contributed by atoms with E-state index in [-0.39, 0.29) is 11.9 Å². The number of aromatic nitrogens is 1. The Kier molecular flexibility index (Phi) is 3.63. The third kappa shape index (κ3) is 2.53. The summed E-state index contributed by atoms with van der Waals surface area (Å²) < 4.78 is 5.16. The third-order valence-electron chi connectivity index (χ3n) is 4.34. The summed E-state index contributed by atoms with van der Waals surface area (Å²) in [7, 11) is 1.63. The van der Waals surface area contributed by atoms with Gasteiger partial charge in [-0.2, -0.15) is 0 Å². The predicted octanol–water partition coefficient (Wildman–Crippen LogP) is 2.50. The molecule has 0 aromatic carbocycles. The zero-order valence-electron chi connectivity index (χ0n) is 12.2. The van der Waals surface area contributed by atoms with E-state index < -0.39 is 0 Å². The molecule has 7 heteroatoms. The molecule has 1 amide bonds. The van der Waals surface area contributed by atoms with Crippen LogP contribution in [0.15, 0.2) is 18.3 Å². The highest BCUT2D eigenvalue weighted by Crippen LogP contribution is 2.34. The van der Waals surface area contributed by atoms with Crippen LogP contribution in [0.2, 0.25) is 0 Å². The second-order valence-corrected chi connectivity index (χ2v) is 7.79. The van der Waals surface area contributed by atoms with Crippen molar-refractivity contribution in [3.8, 4) is 14.9 Å². The van der Waals surface area contributed by atoms with Gasteiger partial charge in [0.15, 0.2) is 5.06 Å². The topological polar surface area (TPSA) is 63.2 Å². The van der Waals surface area contributed by atoms with E-state index >= 15 is 0 Å². The Bertz CT molecular complexity index is 697. The van der Waals surface area contributed by atoms with Crippen molar-refractivity contribution in [2.24, 2.45) is 0 Å². The number of fused-ring (bicyclic) bond motifs is 2. The van der Waals surface area contributed by atoms with Crippen LogP contribution in [0, 0.1) is 0 Å². The largest absolute Gasteiger partial charge is 0.486 e. The Morgan fingerprint density at radius 1 is 1.41 bits per heavy atom. The van der Waals surface area contributed by atoms with E-state index in [2.05, 4.69) is 15.6 Å². The van der Waals surface area contributed by atoms with E-state index in [1.165, 1.54) is 35.5 Å². The average Bonchev–Trinajstić information content (AvgIpc) is 3.28. The minimum atomic E-state index is 0.0270. The zero-order chi connectivity index (χ0) is 15.1. The van der Waals surface area contributed by atoms with Crippen LogP contribution in [0.25, 0.3) is 9.88 Å². The van der Waals surface area contributed by atoms with Gasteiger partial charge in [0.25, 0.3) is 5.91 Å². The molecule has 0 spiro atoms. The maximum absolute atomic E-state index is 12.4. The molecule has 0 radical (unpaired) electrons. The minimum Gasteiger partial charge on any atom is -0.486 e.